The predicted octanol–water partition coefficient (Wildman–Crippen LogP) is 5.33. The van der Waals surface area contributed by atoms with Gasteiger partial charge >= 0.3 is 5.97 Å². The Hall–Kier alpha value is -2.48. The molecule has 2 aromatic carbocycles. The SMILES string of the molecule is CCOC(=O)C1=C(C)NC(=S)N[C@H]1c1ccc(OCc2ccc(Cl)cc2Cl)c(OCC)c1. The first-order valence-corrected chi connectivity index (χ1v) is 11.3. The molecule has 0 saturated carbocycles. The normalized spacial score (nSPS) is 15.7. The van der Waals surface area contributed by atoms with Gasteiger partial charge in [-0.3, -0.25) is 0 Å². The van der Waals surface area contributed by atoms with E-state index < -0.39 is 12.0 Å². The lowest BCUT2D eigenvalue weighted by molar-refractivity contribution is -0.139. The van der Waals surface area contributed by atoms with Gasteiger partial charge in [0.05, 0.1) is 24.8 Å². The Morgan fingerprint density at radius 3 is 2.53 bits per heavy atom. The van der Waals surface area contributed by atoms with Crippen LogP contribution >= 0.6 is 35.4 Å². The summed E-state index contributed by atoms with van der Waals surface area (Å²) in [5.41, 5.74) is 2.70. The smallest absolute Gasteiger partial charge is 0.338 e. The second kappa shape index (κ2) is 10.9. The molecule has 0 fully saturated rings. The minimum atomic E-state index is -0.484. The average molecular weight is 495 g/mol. The summed E-state index contributed by atoms with van der Waals surface area (Å²) in [6, 6.07) is 10.3. The van der Waals surface area contributed by atoms with Crippen molar-refractivity contribution in [2.75, 3.05) is 13.2 Å². The highest BCUT2D eigenvalue weighted by atomic mass is 35.5. The Kier molecular flexibility index (Phi) is 8.23. The molecule has 6 nitrogen and oxygen atoms in total. The molecular weight excluding hydrogens is 471 g/mol. The van der Waals surface area contributed by atoms with Crippen molar-refractivity contribution in [3.05, 3.63) is 68.8 Å². The fraction of sp³-hybridized carbons (Fsp3) is 0.304. The number of hydrogen-bond acceptors (Lipinski definition) is 5. The van der Waals surface area contributed by atoms with Crippen LogP contribution in [0.2, 0.25) is 10.0 Å². The molecule has 1 aliphatic heterocycles. The van der Waals surface area contributed by atoms with Gasteiger partial charge < -0.3 is 24.8 Å². The minimum Gasteiger partial charge on any atom is -0.490 e. The molecule has 1 heterocycles. The van der Waals surface area contributed by atoms with Crippen molar-refractivity contribution in [2.45, 2.75) is 33.4 Å². The molecule has 2 N–H and O–H groups in total. The Bertz CT molecular complexity index is 1060. The van der Waals surface area contributed by atoms with E-state index in [1.54, 1.807) is 32.0 Å². The molecule has 2 aromatic rings. The Labute approximate surface area is 202 Å². The summed E-state index contributed by atoms with van der Waals surface area (Å²) in [7, 11) is 0. The first-order valence-electron chi connectivity index (χ1n) is 10.1. The number of carbonyl (C=O) groups is 1. The maximum Gasteiger partial charge on any atom is 0.338 e. The third-order valence-electron chi connectivity index (χ3n) is 4.76. The summed E-state index contributed by atoms with van der Waals surface area (Å²) < 4.78 is 17.0. The van der Waals surface area contributed by atoms with E-state index in [2.05, 4.69) is 10.6 Å². The lowest BCUT2D eigenvalue weighted by Gasteiger charge is -2.30. The average Bonchev–Trinajstić information content (AvgIpc) is 2.73. The molecule has 170 valence electrons. The van der Waals surface area contributed by atoms with Crippen LogP contribution in [0.25, 0.3) is 0 Å². The number of benzene rings is 2. The molecule has 0 radical (unpaired) electrons. The summed E-state index contributed by atoms with van der Waals surface area (Å²) in [5, 5.41) is 7.65. The molecule has 0 saturated heterocycles. The summed E-state index contributed by atoms with van der Waals surface area (Å²) in [5.74, 6) is 0.687. The first-order chi connectivity index (χ1) is 15.3. The van der Waals surface area contributed by atoms with E-state index in [0.717, 1.165) is 11.1 Å². The number of allylic oxidation sites excluding steroid dienone is 1. The Balaban J connectivity index is 1.90. The minimum absolute atomic E-state index is 0.248. The highest BCUT2D eigenvalue weighted by molar-refractivity contribution is 7.80. The summed E-state index contributed by atoms with van der Waals surface area (Å²) in [4.78, 5) is 12.6. The van der Waals surface area contributed by atoms with Crippen molar-refractivity contribution in [3.8, 4) is 11.5 Å². The van der Waals surface area contributed by atoms with Crippen LogP contribution in [0, 0.1) is 0 Å². The van der Waals surface area contributed by atoms with Crippen LogP contribution in [0.3, 0.4) is 0 Å². The van der Waals surface area contributed by atoms with E-state index >= 15 is 0 Å². The molecule has 0 amide bonds. The number of rotatable bonds is 8. The van der Waals surface area contributed by atoms with Crippen molar-refractivity contribution >= 4 is 46.5 Å². The van der Waals surface area contributed by atoms with E-state index in [1.807, 2.05) is 25.1 Å². The Morgan fingerprint density at radius 1 is 1.06 bits per heavy atom. The van der Waals surface area contributed by atoms with E-state index in [4.69, 9.17) is 49.6 Å². The monoisotopic (exact) mass is 494 g/mol. The van der Waals surface area contributed by atoms with E-state index in [9.17, 15) is 4.79 Å². The zero-order valence-corrected chi connectivity index (χ0v) is 20.3. The van der Waals surface area contributed by atoms with Gasteiger partial charge in [0.25, 0.3) is 0 Å². The van der Waals surface area contributed by atoms with Crippen LogP contribution in [0.15, 0.2) is 47.7 Å². The standard InChI is InChI=1S/C23H24Cl2N2O4S/c1-4-29-19-10-14(21-20(22(28)30-5-2)13(3)26-23(32)27-21)7-9-18(19)31-12-15-6-8-16(24)11-17(15)25/h6-11,21H,4-5,12H2,1-3H3,(H2,26,27,32)/t21-/m0/s1. The summed E-state index contributed by atoms with van der Waals surface area (Å²) in [6.07, 6.45) is 0. The molecule has 0 spiro atoms. The van der Waals surface area contributed by atoms with Crippen LogP contribution in [0.4, 0.5) is 0 Å². The third-order valence-corrected chi connectivity index (χ3v) is 5.57. The molecule has 0 aromatic heterocycles. The number of esters is 1. The molecule has 9 heteroatoms. The molecule has 1 aliphatic rings. The summed E-state index contributed by atoms with van der Waals surface area (Å²) in [6.45, 7) is 6.42. The number of ether oxygens (including phenoxy) is 3. The van der Waals surface area contributed by atoms with Gasteiger partial charge in [0.1, 0.15) is 6.61 Å². The number of thiocarbonyl (C=S) groups is 1. The maximum absolute atomic E-state index is 12.6. The van der Waals surface area contributed by atoms with Crippen LogP contribution < -0.4 is 20.1 Å². The maximum atomic E-state index is 12.6. The van der Waals surface area contributed by atoms with E-state index in [1.165, 1.54) is 0 Å². The fourth-order valence-electron chi connectivity index (χ4n) is 3.31. The van der Waals surface area contributed by atoms with E-state index in [0.29, 0.717) is 44.5 Å². The number of hydrogen-bond donors (Lipinski definition) is 2. The van der Waals surface area contributed by atoms with Gasteiger partial charge in [0, 0.05) is 21.3 Å². The van der Waals surface area contributed by atoms with E-state index in [-0.39, 0.29) is 13.2 Å². The van der Waals surface area contributed by atoms with Gasteiger partial charge in [-0.25, -0.2) is 4.79 Å². The molecule has 0 unspecified atom stereocenters. The topological polar surface area (TPSA) is 68.8 Å². The molecule has 32 heavy (non-hydrogen) atoms. The van der Waals surface area contributed by atoms with Crippen LogP contribution in [0.1, 0.15) is 37.9 Å². The second-order valence-electron chi connectivity index (χ2n) is 6.95. The van der Waals surface area contributed by atoms with Gasteiger partial charge in [-0.15, -0.1) is 0 Å². The second-order valence-corrected chi connectivity index (χ2v) is 8.21. The highest BCUT2D eigenvalue weighted by Crippen LogP contribution is 2.35. The highest BCUT2D eigenvalue weighted by Gasteiger charge is 2.31. The molecule has 0 aliphatic carbocycles. The van der Waals surface area contributed by atoms with Crippen molar-refractivity contribution in [1.29, 1.82) is 0 Å². The van der Waals surface area contributed by atoms with Crippen molar-refractivity contribution in [2.24, 2.45) is 0 Å². The van der Waals surface area contributed by atoms with Crippen LogP contribution in [-0.2, 0) is 16.1 Å². The van der Waals surface area contributed by atoms with Crippen molar-refractivity contribution in [1.82, 2.24) is 10.6 Å². The lowest BCUT2D eigenvalue weighted by Crippen LogP contribution is -2.45. The number of carbonyl (C=O) groups excluding carboxylic acids is 1. The van der Waals surface area contributed by atoms with Crippen molar-refractivity contribution < 1.29 is 19.0 Å². The van der Waals surface area contributed by atoms with Gasteiger partial charge in [0.2, 0.25) is 0 Å². The van der Waals surface area contributed by atoms with Crippen LogP contribution in [0.5, 0.6) is 11.5 Å². The third kappa shape index (κ3) is 5.65. The van der Waals surface area contributed by atoms with Crippen molar-refractivity contribution in [3.63, 3.8) is 0 Å². The first kappa shape index (κ1) is 24.2. The summed E-state index contributed by atoms with van der Waals surface area (Å²) >= 11 is 17.5. The van der Waals surface area contributed by atoms with Gasteiger partial charge in [-0.1, -0.05) is 35.3 Å². The lowest BCUT2D eigenvalue weighted by atomic mass is 9.95. The molecule has 1 atom stereocenters. The van der Waals surface area contributed by atoms with Gasteiger partial charge in [-0.05, 0) is 62.8 Å². The fourth-order valence-corrected chi connectivity index (χ4v) is 4.04. The zero-order chi connectivity index (χ0) is 23.3. The van der Waals surface area contributed by atoms with Gasteiger partial charge in [0.15, 0.2) is 16.6 Å². The number of halogens is 2. The number of nitrogens with one attached hydrogen (secondary N) is 2. The molecule has 3 rings (SSSR count). The molecular formula is C23H24Cl2N2O4S. The largest absolute Gasteiger partial charge is 0.490 e. The van der Waals surface area contributed by atoms with Gasteiger partial charge in [-0.2, -0.15) is 0 Å². The predicted molar refractivity (Wildman–Crippen MR) is 129 cm³/mol. The Morgan fingerprint density at radius 2 is 1.84 bits per heavy atom. The zero-order valence-electron chi connectivity index (χ0n) is 18.0. The van der Waals surface area contributed by atoms with Crippen LogP contribution in [-0.4, -0.2) is 24.3 Å². The molecule has 0 bridgehead atoms. The quantitative estimate of drug-likeness (QED) is 0.379.